The fourth-order valence-electron chi connectivity index (χ4n) is 2.24. The van der Waals surface area contributed by atoms with Gasteiger partial charge in [0.1, 0.15) is 5.82 Å². The van der Waals surface area contributed by atoms with E-state index in [1.54, 1.807) is 0 Å². The Morgan fingerprint density at radius 3 is 2.42 bits per heavy atom. The van der Waals surface area contributed by atoms with E-state index in [4.69, 9.17) is 5.73 Å². The minimum absolute atomic E-state index is 0.0389. The van der Waals surface area contributed by atoms with Crippen LogP contribution in [0.2, 0.25) is 0 Å². The van der Waals surface area contributed by atoms with Crippen molar-refractivity contribution in [2.24, 2.45) is 5.73 Å². The first-order chi connectivity index (χ1) is 11.5. The maximum absolute atomic E-state index is 14.4. The number of urea groups is 1. The zero-order valence-electron chi connectivity index (χ0n) is 12.1. The molecule has 3 aromatic rings. The van der Waals surface area contributed by atoms with E-state index in [0.29, 0.717) is 11.0 Å². The number of hydrogen-bond acceptors (Lipinski definition) is 4. The van der Waals surface area contributed by atoms with Crippen LogP contribution in [-0.2, 0) is 0 Å². The van der Waals surface area contributed by atoms with Crippen LogP contribution in [0, 0.1) is 11.6 Å². The van der Waals surface area contributed by atoms with Crippen LogP contribution in [0.1, 0.15) is 15.9 Å². The Labute approximate surface area is 134 Å². The first-order valence-corrected chi connectivity index (χ1v) is 6.77. The first kappa shape index (κ1) is 15.5. The van der Waals surface area contributed by atoms with Gasteiger partial charge in [0.25, 0.3) is 0 Å². The summed E-state index contributed by atoms with van der Waals surface area (Å²) >= 11 is 0. The molecule has 0 saturated heterocycles. The van der Waals surface area contributed by atoms with E-state index in [-0.39, 0.29) is 11.3 Å². The van der Waals surface area contributed by atoms with Gasteiger partial charge in [-0.25, -0.2) is 13.6 Å². The highest BCUT2D eigenvalue weighted by atomic mass is 19.1. The Kier molecular flexibility index (Phi) is 3.87. The van der Waals surface area contributed by atoms with Crippen LogP contribution in [0.15, 0.2) is 42.7 Å². The van der Waals surface area contributed by atoms with Crippen molar-refractivity contribution in [3.8, 4) is 0 Å². The number of nitrogens with zero attached hydrogens (tertiary/aromatic N) is 2. The number of carbonyl (C=O) groups excluding carboxylic acids is 2. The summed E-state index contributed by atoms with van der Waals surface area (Å²) < 4.78 is 28.4. The molecule has 2 amide bonds. The summed E-state index contributed by atoms with van der Waals surface area (Å²) in [6.45, 7) is 0. The highest BCUT2D eigenvalue weighted by Crippen LogP contribution is 2.24. The van der Waals surface area contributed by atoms with Gasteiger partial charge in [0.15, 0.2) is 11.6 Å². The first-order valence-electron chi connectivity index (χ1n) is 6.77. The lowest BCUT2D eigenvalue weighted by Crippen LogP contribution is -2.21. The van der Waals surface area contributed by atoms with Crippen molar-refractivity contribution in [2.75, 3.05) is 5.32 Å². The lowest BCUT2D eigenvalue weighted by atomic mass is 10.0. The van der Waals surface area contributed by atoms with Crippen molar-refractivity contribution in [2.45, 2.75) is 0 Å². The summed E-state index contributed by atoms with van der Waals surface area (Å²) in [6.07, 6.45) is 2.93. The van der Waals surface area contributed by atoms with Gasteiger partial charge in [0.2, 0.25) is 0 Å². The molecule has 0 unspecified atom stereocenters. The van der Waals surface area contributed by atoms with Gasteiger partial charge < -0.3 is 11.1 Å². The molecule has 0 aliphatic heterocycles. The van der Waals surface area contributed by atoms with E-state index in [2.05, 4.69) is 9.97 Å². The number of halogens is 2. The minimum Gasteiger partial charge on any atom is -0.351 e. The largest absolute Gasteiger partial charge is 0.351 e. The number of benzene rings is 2. The van der Waals surface area contributed by atoms with E-state index < -0.39 is 29.0 Å². The van der Waals surface area contributed by atoms with Crippen LogP contribution >= 0.6 is 0 Å². The third kappa shape index (κ3) is 2.76. The molecule has 1 aromatic heterocycles. The Balaban J connectivity index is 2.09. The van der Waals surface area contributed by atoms with Gasteiger partial charge in [-0.15, -0.1) is 0 Å². The van der Waals surface area contributed by atoms with Crippen molar-refractivity contribution in [1.29, 1.82) is 0 Å². The van der Waals surface area contributed by atoms with E-state index in [1.165, 1.54) is 30.6 Å². The van der Waals surface area contributed by atoms with Crippen molar-refractivity contribution < 1.29 is 18.4 Å². The van der Waals surface area contributed by atoms with Crippen molar-refractivity contribution >= 4 is 28.5 Å². The molecule has 0 radical (unpaired) electrons. The second-order valence-corrected chi connectivity index (χ2v) is 4.86. The number of primary amides is 1. The van der Waals surface area contributed by atoms with Crippen LogP contribution in [0.25, 0.3) is 11.0 Å². The summed E-state index contributed by atoms with van der Waals surface area (Å²) in [5, 5.41) is 2.00. The molecule has 3 rings (SSSR count). The van der Waals surface area contributed by atoms with Crippen LogP contribution < -0.4 is 11.1 Å². The normalized spacial score (nSPS) is 10.6. The third-order valence-electron chi connectivity index (χ3n) is 3.31. The molecular formula is C16H10F2N4O2. The maximum Gasteiger partial charge on any atom is 0.316 e. The molecule has 0 bridgehead atoms. The van der Waals surface area contributed by atoms with Crippen molar-refractivity contribution in [1.82, 2.24) is 9.97 Å². The summed E-state index contributed by atoms with van der Waals surface area (Å²) in [6, 6.07) is 5.14. The van der Waals surface area contributed by atoms with Crippen LogP contribution in [0.5, 0.6) is 0 Å². The lowest BCUT2D eigenvalue weighted by Gasteiger charge is -2.09. The molecular weight excluding hydrogens is 318 g/mol. The maximum atomic E-state index is 14.4. The molecule has 120 valence electrons. The number of fused-ring (bicyclic) bond motifs is 1. The topological polar surface area (TPSA) is 98.0 Å². The Morgan fingerprint density at radius 2 is 1.71 bits per heavy atom. The Morgan fingerprint density at radius 1 is 1.00 bits per heavy atom. The quantitative estimate of drug-likeness (QED) is 0.722. The molecule has 0 atom stereocenters. The number of carbonyl (C=O) groups is 2. The number of rotatable bonds is 3. The van der Waals surface area contributed by atoms with Gasteiger partial charge in [0, 0.05) is 18.0 Å². The highest BCUT2D eigenvalue weighted by Gasteiger charge is 2.22. The second-order valence-electron chi connectivity index (χ2n) is 4.86. The summed E-state index contributed by atoms with van der Waals surface area (Å²) in [4.78, 5) is 31.4. The summed E-state index contributed by atoms with van der Waals surface area (Å²) in [5.41, 5.74) is 4.74. The average Bonchev–Trinajstić information content (AvgIpc) is 2.56. The lowest BCUT2D eigenvalue weighted by molar-refractivity contribution is 0.103. The predicted molar refractivity (Wildman–Crippen MR) is 82.5 cm³/mol. The number of ketones is 1. The van der Waals surface area contributed by atoms with Gasteiger partial charge in [-0.05, 0) is 30.3 Å². The molecule has 3 N–H and O–H groups in total. The monoisotopic (exact) mass is 328 g/mol. The predicted octanol–water partition coefficient (Wildman–Crippen LogP) is 2.63. The molecule has 0 aliphatic carbocycles. The molecule has 2 aromatic carbocycles. The minimum atomic E-state index is -1.20. The molecule has 6 nitrogen and oxygen atoms in total. The van der Waals surface area contributed by atoms with E-state index in [0.717, 1.165) is 12.1 Å². The smallest absolute Gasteiger partial charge is 0.316 e. The fraction of sp³-hybridized carbons (Fsp3) is 0. The highest BCUT2D eigenvalue weighted by molar-refractivity contribution is 6.11. The van der Waals surface area contributed by atoms with Gasteiger partial charge in [-0.1, -0.05) is 0 Å². The van der Waals surface area contributed by atoms with Crippen LogP contribution in [0.3, 0.4) is 0 Å². The fourth-order valence-corrected chi connectivity index (χ4v) is 2.24. The van der Waals surface area contributed by atoms with E-state index >= 15 is 0 Å². The summed E-state index contributed by atoms with van der Waals surface area (Å²) in [7, 11) is 0. The number of aromatic nitrogens is 2. The van der Waals surface area contributed by atoms with Gasteiger partial charge in [-0.3, -0.25) is 14.8 Å². The Bertz CT molecular complexity index is 975. The van der Waals surface area contributed by atoms with Gasteiger partial charge >= 0.3 is 6.03 Å². The molecule has 0 spiro atoms. The van der Waals surface area contributed by atoms with Gasteiger partial charge in [-0.2, -0.15) is 0 Å². The zero-order valence-corrected chi connectivity index (χ0v) is 12.1. The average molecular weight is 328 g/mol. The van der Waals surface area contributed by atoms with E-state index in [1.807, 2.05) is 5.32 Å². The van der Waals surface area contributed by atoms with Crippen LogP contribution in [-0.4, -0.2) is 21.8 Å². The van der Waals surface area contributed by atoms with Gasteiger partial charge in [0.05, 0.1) is 22.3 Å². The SMILES string of the molecule is NC(=O)Nc1ccc(F)c(C(=O)c2ccc3nccnc3c2)c1F. The number of nitrogens with one attached hydrogen (secondary N) is 1. The third-order valence-corrected chi connectivity index (χ3v) is 3.31. The van der Waals surface area contributed by atoms with Crippen molar-refractivity contribution in [3.05, 3.63) is 65.5 Å². The zero-order chi connectivity index (χ0) is 17.3. The molecule has 1 heterocycles. The Hall–Kier alpha value is -3.42. The molecule has 0 saturated carbocycles. The molecule has 0 aliphatic rings. The molecule has 0 fully saturated rings. The number of anilines is 1. The second kappa shape index (κ2) is 5.99. The number of amides is 2. The van der Waals surface area contributed by atoms with E-state index in [9.17, 15) is 18.4 Å². The van der Waals surface area contributed by atoms with Crippen molar-refractivity contribution in [3.63, 3.8) is 0 Å². The standard InChI is InChI=1S/C16H10F2N4O2/c17-9-2-4-11(22-16(19)24)14(18)13(9)15(23)8-1-3-10-12(7-8)21-6-5-20-10/h1-7H,(H3,19,22,24). The molecule has 8 heteroatoms. The number of hydrogen-bond donors (Lipinski definition) is 2. The molecule has 24 heavy (non-hydrogen) atoms. The van der Waals surface area contributed by atoms with Crippen LogP contribution in [0.4, 0.5) is 19.3 Å². The summed E-state index contributed by atoms with van der Waals surface area (Å²) in [5.74, 6) is -3.13. The number of nitrogens with two attached hydrogens (primary N) is 1.